The van der Waals surface area contributed by atoms with E-state index in [0.29, 0.717) is 5.92 Å². The zero-order valence-electron chi connectivity index (χ0n) is 11.3. The second-order valence-corrected chi connectivity index (χ2v) is 6.31. The number of nitrogens with zero attached hydrogens (tertiary/aromatic N) is 1. The highest BCUT2D eigenvalue weighted by atomic mass is 32.1. The molecular formula is C17H14N2OS. The van der Waals surface area contributed by atoms with Crippen LogP contribution in [0.5, 0.6) is 0 Å². The van der Waals surface area contributed by atoms with Crippen LogP contribution in [0.3, 0.4) is 0 Å². The van der Waals surface area contributed by atoms with E-state index in [1.807, 2.05) is 36.4 Å². The minimum atomic E-state index is 0.0996. The summed E-state index contributed by atoms with van der Waals surface area (Å²) in [5.41, 5.74) is 1.65. The molecule has 1 saturated carbocycles. The maximum Gasteiger partial charge on any atom is 0.228 e. The van der Waals surface area contributed by atoms with Gasteiger partial charge in [-0.2, -0.15) is 0 Å². The fourth-order valence-electron chi connectivity index (χ4n) is 2.73. The Balaban J connectivity index is 1.55. The highest BCUT2D eigenvalue weighted by molar-refractivity contribution is 7.10. The Labute approximate surface area is 126 Å². The second-order valence-electron chi connectivity index (χ2n) is 5.33. The molecule has 104 valence electrons. The average molecular weight is 294 g/mol. The summed E-state index contributed by atoms with van der Waals surface area (Å²) in [5, 5.41) is 6.15. The number of pyridine rings is 1. The Morgan fingerprint density at radius 1 is 1.19 bits per heavy atom. The SMILES string of the molecule is O=C(Nc1cccc2cccnc12)C1CC1c1cccs1. The van der Waals surface area contributed by atoms with Crippen molar-refractivity contribution in [1.82, 2.24) is 4.98 Å². The molecule has 21 heavy (non-hydrogen) atoms. The van der Waals surface area contributed by atoms with Gasteiger partial charge in [0.15, 0.2) is 0 Å². The third-order valence-corrected chi connectivity index (χ3v) is 4.93. The molecule has 1 aliphatic carbocycles. The van der Waals surface area contributed by atoms with Gasteiger partial charge in [-0.3, -0.25) is 9.78 Å². The van der Waals surface area contributed by atoms with Crippen molar-refractivity contribution >= 4 is 33.8 Å². The number of nitrogens with one attached hydrogen (secondary N) is 1. The third kappa shape index (κ3) is 2.32. The number of rotatable bonds is 3. The van der Waals surface area contributed by atoms with Crippen LogP contribution in [-0.4, -0.2) is 10.9 Å². The van der Waals surface area contributed by atoms with Gasteiger partial charge in [0.2, 0.25) is 5.91 Å². The first-order chi connectivity index (χ1) is 10.3. The first kappa shape index (κ1) is 12.5. The average Bonchev–Trinajstić information content (AvgIpc) is 3.14. The smallest absolute Gasteiger partial charge is 0.228 e. The Hall–Kier alpha value is -2.20. The number of fused-ring (bicyclic) bond motifs is 1. The summed E-state index contributed by atoms with van der Waals surface area (Å²) < 4.78 is 0. The number of anilines is 1. The van der Waals surface area contributed by atoms with Crippen molar-refractivity contribution in [1.29, 1.82) is 0 Å². The molecular weight excluding hydrogens is 280 g/mol. The Bertz CT molecular complexity index is 792. The van der Waals surface area contributed by atoms with Gasteiger partial charge in [-0.05, 0) is 30.0 Å². The zero-order chi connectivity index (χ0) is 14.2. The lowest BCUT2D eigenvalue weighted by Crippen LogP contribution is -2.14. The normalized spacial score (nSPS) is 20.4. The van der Waals surface area contributed by atoms with Gasteiger partial charge >= 0.3 is 0 Å². The Kier molecular flexibility index (Phi) is 2.97. The molecule has 0 radical (unpaired) electrons. The van der Waals surface area contributed by atoms with Gasteiger partial charge in [0.05, 0.1) is 11.2 Å². The maximum absolute atomic E-state index is 12.4. The standard InChI is InChI=1S/C17H14N2OS/c20-17(13-10-12(13)15-7-3-9-21-15)19-14-6-1-4-11-5-2-8-18-16(11)14/h1-9,12-13H,10H2,(H,19,20). The summed E-state index contributed by atoms with van der Waals surface area (Å²) in [6, 6.07) is 13.9. The van der Waals surface area contributed by atoms with E-state index in [2.05, 4.69) is 21.7 Å². The number of hydrogen-bond donors (Lipinski definition) is 1. The molecule has 3 nitrogen and oxygen atoms in total. The summed E-state index contributed by atoms with van der Waals surface area (Å²) >= 11 is 1.73. The first-order valence-corrected chi connectivity index (χ1v) is 7.89. The number of carbonyl (C=O) groups is 1. The minimum Gasteiger partial charge on any atom is -0.324 e. The summed E-state index contributed by atoms with van der Waals surface area (Å²) in [5.74, 6) is 0.599. The van der Waals surface area contributed by atoms with Crippen molar-refractivity contribution in [2.45, 2.75) is 12.3 Å². The quantitative estimate of drug-likeness (QED) is 0.792. The molecule has 2 atom stereocenters. The van der Waals surface area contributed by atoms with Crippen molar-refractivity contribution in [2.24, 2.45) is 5.92 Å². The van der Waals surface area contributed by atoms with Gasteiger partial charge in [0.1, 0.15) is 0 Å². The molecule has 4 rings (SSSR count). The lowest BCUT2D eigenvalue weighted by Gasteiger charge is -2.07. The van der Waals surface area contributed by atoms with Gasteiger partial charge in [-0.25, -0.2) is 0 Å². The van der Waals surface area contributed by atoms with E-state index in [-0.39, 0.29) is 11.8 Å². The highest BCUT2D eigenvalue weighted by Gasteiger charge is 2.44. The predicted molar refractivity (Wildman–Crippen MR) is 85.5 cm³/mol. The van der Waals surface area contributed by atoms with Crippen LogP contribution < -0.4 is 5.32 Å². The van der Waals surface area contributed by atoms with Crippen LogP contribution in [-0.2, 0) is 4.79 Å². The van der Waals surface area contributed by atoms with Crippen molar-refractivity contribution in [2.75, 3.05) is 5.32 Å². The van der Waals surface area contributed by atoms with Crippen LogP contribution in [0.4, 0.5) is 5.69 Å². The molecule has 1 aliphatic rings. The van der Waals surface area contributed by atoms with Gasteiger partial charge in [0.25, 0.3) is 0 Å². The molecule has 2 unspecified atom stereocenters. The first-order valence-electron chi connectivity index (χ1n) is 7.01. The van der Waals surface area contributed by atoms with Crippen LogP contribution >= 0.6 is 11.3 Å². The molecule has 1 fully saturated rings. The van der Waals surface area contributed by atoms with Crippen LogP contribution in [0.15, 0.2) is 54.0 Å². The fourth-order valence-corrected chi connectivity index (χ4v) is 3.64. The highest BCUT2D eigenvalue weighted by Crippen LogP contribution is 2.49. The lowest BCUT2D eigenvalue weighted by atomic mass is 10.2. The number of para-hydroxylation sites is 1. The van der Waals surface area contributed by atoms with Crippen LogP contribution in [0.2, 0.25) is 0 Å². The molecule has 0 spiro atoms. The molecule has 2 heterocycles. The van der Waals surface area contributed by atoms with E-state index in [0.717, 1.165) is 23.0 Å². The van der Waals surface area contributed by atoms with Crippen molar-refractivity contribution < 1.29 is 4.79 Å². The van der Waals surface area contributed by atoms with E-state index in [4.69, 9.17) is 0 Å². The van der Waals surface area contributed by atoms with Gasteiger partial charge in [0, 0.05) is 28.3 Å². The van der Waals surface area contributed by atoms with E-state index in [9.17, 15) is 4.79 Å². The topological polar surface area (TPSA) is 42.0 Å². The van der Waals surface area contributed by atoms with Crippen LogP contribution in [0.1, 0.15) is 17.2 Å². The second kappa shape index (κ2) is 4.97. The summed E-state index contributed by atoms with van der Waals surface area (Å²) in [4.78, 5) is 18.1. The molecule has 1 aromatic carbocycles. The number of hydrogen-bond acceptors (Lipinski definition) is 3. The third-order valence-electron chi connectivity index (χ3n) is 3.93. The van der Waals surface area contributed by atoms with E-state index in [1.165, 1.54) is 4.88 Å². The Morgan fingerprint density at radius 2 is 2.10 bits per heavy atom. The summed E-state index contributed by atoms with van der Waals surface area (Å²) in [6.07, 6.45) is 2.70. The van der Waals surface area contributed by atoms with Gasteiger partial charge in [-0.15, -0.1) is 11.3 Å². The fraction of sp³-hybridized carbons (Fsp3) is 0.176. The van der Waals surface area contributed by atoms with Gasteiger partial charge < -0.3 is 5.32 Å². The van der Waals surface area contributed by atoms with Crippen LogP contribution in [0.25, 0.3) is 10.9 Å². The summed E-state index contributed by atoms with van der Waals surface area (Å²) in [6.45, 7) is 0. The van der Waals surface area contributed by atoms with E-state index >= 15 is 0 Å². The molecule has 0 bridgehead atoms. The molecule has 1 amide bonds. The van der Waals surface area contributed by atoms with E-state index < -0.39 is 0 Å². The number of aromatic nitrogens is 1. The molecule has 2 aromatic heterocycles. The Morgan fingerprint density at radius 3 is 2.95 bits per heavy atom. The van der Waals surface area contributed by atoms with Crippen molar-refractivity contribution in [3.8, 4) is 0 Å². The maximum atomic E-state index is 12.4. The largest absolute Gasteiger partial charge is 0.324 e. The van der Waals surface area contributed by atoms with E-state index in [1.54, 1.807) is 17.5 Å². The van der Waals surface area contributed by atoms with Crippen molar-refractivity contribution in [3.63, 3.8) is 0 Å². The molecule has 1 N–H and O–H groups in total. The molecule has 3 aromatic rings. The number of thiophene rings is 1. The summed E-state index contributed by atoms with van der Waals surface area (Å²) in [7, 11) is 0. The molecule has 4 heteroatoms. The minimum absolute atomic E-state index is 0.0996. The monoisotopic (exact) mass is 294 g/mol. The molecule has 0 saturated heterocycles. The number of amides is 1. The van der Waals surface area contributed by atoms with Crippen LogP contribution in [0, 0.1) is 5.92 Å². The predicted octanol–water partition coefficient (Wildman–Crippen LogP) is 4.04. The van der Waals surface area contributed by atoms with Gasteiger partial charge in [-0.1, -0.05) is 24.3 Å². The zero-order valence-corrected chi connectivity index (χ0v) is 12.1. The van der Waals surface area contributed by atoms with Crippen molar-refractivity contribution in [3.05, 3.63) is 58.9 Å². The number of benzene rings is 1. The number of carbonyl (C=O) groups excluding carboxylic acids is 1. The lowest BCUT2D eigenvalue weighted by molar-refractivity contribution is -0.117. The molecule has 0 aliphatic heterocycles.